The first kappa shape index (κ1) is 14.5. The predicted molar refractivity (Wildman–Crippen MR) is 89.9 cm³/mol. The number of para-hydroxylation sites is 1. The van der Waals surface area contributed by atoms with Gasteiger partial charge in [0.05, 0.1) is 24.3 Å². The number of morpholine rings is 1. The van der Waals surface area contributed by atoms with Crippen molar-refractivity contribution in [2.75, 3.05) is 44.3 Å². The number of ether oxygens (including phenoxy) is 1. The van der Waals surface area contributed by atoms with Crippen molar-refractivity contribution in [2.45, 2.75) is 12.8 Å². The number of carbonyl (C=O) groups is 1. The average Bonchev–Trinajstić information content (AvgIpc) is 3.15. The summed E-state index contributed by atoms with van der Waals surface area (Å²) in [7, 11) is 0. The largest absolute Gasteiger partial charge is 0.378 e. The first-order valence-electron chi connectivity index (χ1n) is 8.35. The third-order valence-electron chi connectivity index (χ3n) is 4.66. The number of hydrogen-bond donors (Lipinski definition) is 0. The molecule has 4 rings (SSSR count). The molecule has 2 saturated heterocycles. The fourth-order valence-corrected chi connectivity index (χ4v) is 3.38. The highest BCUT2D eigenvalue weighted by molar-refractivity contribution is 6.07. The normalized spacial score (nSPS) is 18.6. The third kappa shape index (κ3) is 2.77. The molecule has 5 heteroatoms. The van der Waals surface area contributed by atoms with Crippen LogP contribution in [0.25, 0.3) is 10.9 Å². The van der Waals surface area contributed by atoms with E-state index in [-0.39, 0.29) is 5.91 Å². The van der Waals surface area contributed by atoms with Crippen LogP contribution in [0.3, 0.4) is 0 Å². The molecular weight excluding hydrogens is 290 g/mol. The SMILES string of the molecule is O=C(c1cc(N2CCCC2)nc2ccccc12)N1CCOCC1. The van der Waals surface area contributed by atoms with Crippen molar-refractivity contribution in [1.29, 1.82) is 0 Å². The quantitative estimate of drug-likeness (QED) is 0.854. The van der Waals surface area contributed by atoms with Gasteiger partial charge in [-0.25, -0.2) is 4.98 Å². The van der Waals surface area contributed by atoms with Crippen molar-refractivity contribution in [2.24, 2.45) is 0 Å². The molecule has 0 aliphatic carbocycles. The zero-order valence-electron chi connectivity index (χ0n) is 13.2. The van der Waals surface area contributed by atoms with Crippen LogP contribution in [0.2, 0.25) is 0 Å². The summed E-state index contributed by atoms with van der Waals surface area (Å²) >= 11 is 0. The fraction of sp³-hybridized carbons (Fsp3) is 0.444. The van der Waals surface area contributed by atoms with E-state index in [4.69, 9.17) is 9.72 Å². The molecular formula is C18H21N3O2. The maximum atomic E-state index is 13.0. The smallest absolute Gasteiger partial charge is 0.254 e. The lowest BCUT2D eigenvalue weighted by Crippen LogP contribution is -2.40. The number of amides is 1. The highest BCUT2D eigenvalue weighted by Crippen LogP contribution is 2.26. The zero-order valence-corrected chi connectivity index (χ0v) is 13.2. The number of hydrogen-bond acceptors (Lipinski definition) is 4. The molecule has 1 amide bonds. The van der Waals surface area contributed by atoms with E-state index >= 15 is 0 Å². The van der Waals surface area contributed by atoms with Crippen LogP contribution in [-0.2, 0) is 4.74 Å². The molecule has 0 radical (unpaired) electrons. The van der Waals surface area contributed by atoms with Gasteiger partial charge < -0.3 is 14.5 Å². The van der Waals surface area contributed by atoms with E-state index in [0.29, 0.717) is 26.3 Å². The van der Waals surface area contributed by atoms with Gasteiger partial charge in [-0.3, -0.25) is 4.79 Å². The molecule has 0 atom stereocenters. The van der Waals surface area contributed by atoms with E-state index in [1.807, 2.05) is 35.2 Å². The molecule has 0 N–H and O–H groups in total. The van der Waals surface area contributed by atoms with Crippen LogP contribution in [0.5, 0.6) is 0 Å². The van der Waals surface area contributed by atoms with Crippen molar-refractivity contribution < 1.29 is 9.53 Å². The second kappa shape index (κ2) is 6.16. The molecule has 2 fully saturated rings. The van der Waals surface area contributed by atoms with Gasteiger partial charge in [0.25, 0.3) is 5.91 Å². The Morgan fingerprint density at radius 2 is 1.78 bits per heavy atom. The first-order valence-corrected chi connectivity index (χ1v) is 8.35. The summed E-state index contributed by atoms with van der Waals surface area (Å²) in [6.07, 6.45) is 2.39. The molecule has 23 heavy (non-hydrogen) atoms. The molecule has 2 aliphatic heterocycles. The summed E-state index contributed by atoms with van der Waals surface area (Å²) in [4.78, 5) is 21.9. The number of carbonyl (C=O) groups excluding carboxylic acids is 1. The lowest BCUT2D eigenvalue weighted by Gasteiger charge is -2.28. The Hall–Kier alpha value is -2.14. The van der Waals surface area contributed by atoms with Crippen molar-refractivity contribution in [3.8, 4) is 0 Å². The van der Waals surface area contributed by atoms with Gasteiger partial charge in [0.1, 0.15) is 5.82 Å². The summed E-state index contributed by atoms with van der Waals surface area (Å²) in [6.45, 7) is 4.61. The molecule has 5 nitrogen and oxygen atoms in total. The number of pyridine rings is 1. The van der Waals surface area contributed by atoms with Crippen LogP contribution in [0, 0.1) is 0 Å². The molecule has 120 valence electrons. The predicted octanol–water partition coefficient (Wildman–Crippen LogP) is 2.31. The Kier molecular flexibility index (Phi) is 3.87. The molecule has 0 spiro atoms. The van der Waals surface area contributed by atoms with Gasteiger partial charge in [-0.05, 0) is 25.0 Å². The first-order chi connectivity index (χ1) is 11.3. The minimum absolute atomic E-state index is 0.0901. The Labute approximate surface area is 135 Å². The molecule has 0 saturated carbocycles. The molecule has 3 heterocycles. The lowest BCUT2D eigenvalue weighted by atomic mass is 10.1. The molecule has 2 aromatic rings. The summed E-state index contributed by atoms with van der Waals surface area (Å²) in [6, 6.07) is 9.90. The van der Waals surface area contributed by atoms with E-state index < -0.39 is 0 Å². The van der Waals surface area contributed by atoms with Gasteiger partial charge in [-0.2, -0.15) is 0 Å². The molecule has 1 aromatic carbocycles. The van der Waals surface area contributed by atoms with E-state index in [1.54, 1.807) is 0 Å². The number of fused-ring (bicyclic) bond motifs is 1. The van der Waals surface area contributed by atoms with Gasteiger partial charge in [0.15, 0.2) is 0 Å². The maximum absolute atomic E-state index is 13.0. The van der Waals surface area contributed by atoms with Gasteiger partial charge >= 0.3 is 0 Å². The summed E-state index contributed by atoms with van der Waals surface area (Å²) < 4.78 is 5.36. The Morgan fingerprint density at radius 3 is 2.57 bits per heavy atom. The van der Waals surface area contributed by atoms with Crippen LogP contribution in [-0.4, -0.2) is 55.2 Å². The molecule has 0 bridgehead atoms. The van der Waals surface area contributed by atoms with Crippen molar-refractivity contribution in [3.05, 3.63) is 35.9 Å². The standard InChI is InChI=1S/C18H21N3O2/c22-18(21-9-11-23-12-10-21)15-13-17(20-7-3-4-8-20)19-16-6-2-1-5-14(15)16/h1-2,5-6,13H,3-4,7-12H2. The number of aromatic nitrogens is 1. The topological polar surface area (TPSA) is 45.7 Å². The second-order valence-electron chi connectivity index (χ2n) is 6.14. The van der Waals surface area contributed by atoms with Gasteiger partial charge in [0.2, 0.25) is 0 Å². The van der Waals surface area contributed by atoms with Crippen LogP contribution >= 0.6 is 0 Å². The summed E-state index contributed by atoms with van der Waals surface area (Å²) in [5.41, 5.74) is 1.66. The monoisotopic (exact) mass is 311 g/mol. The summed E-state index contributed by atoms with van der Waals surface area (Å²) in [5.74, 6) is 1.02. The number of anilines is 1. The van der Waals surface area contributed by atoms with Gasteiger partial charge in [0, 0.05) is 31.6 Å². The summed E-state index contributed by atoms with van der Waals surface area (Å²) in [5, 5.41) is 0.937. The van der Waals surface area contributed by atoms with Crippen molar-refractivity contribution >= 4 is 22.6 Å². The fourth-order valence-electron chi connectivity index (χ4n) is 3.38. The van der Waals surface area contributed by atoms with Crippen molar-refractivity contribution in [1.82, 2.24) is 9.88 Å². The van der Waals surface area contributed by atoms with Crippen LogP contribution in [0.15, 0.2) is 30.3 Å². The minimum Gasteiger partial charge on any atom is -0.378 e. The van der Waals surface area contributed by atoms with E-state index in [0.717, 1.165) is 35.4 Å². The zero-order chi connectivity index (χ0) is 15.6. The molecule has 0 unspecified atom stereocenters. The second-order valence-corrected chi connectivity index (χ2v) is 6.14. The minimum atomic E-state index is 0.0901. The lowest BCUT2D eigenvalue weighted by molar-refractivity contribution is 0.0304. The molecule has 1 aromatic heterocycles. The number of rotatable bonds is 2. The van der Waals surface area contributed by atoms with Crippen LogP contribution in [0.1, 0.15) is 23.2 Å². The van der Waals surface area contributed by atoms with Crippen molar-refractivity contribution in [3.63, 3.8) is 0 Å². The Bertz CT molecular complexity index is 719. The maximum Gasteiger partial charge on any atom is 0.254 e. The van der Waals surface area contributed by atoms with Gasteiger partial charge in [-0.15, -0.1) is 0 Å². The van der Waals surface area contributed by atoms with E-state index in [1.165, 1.54) is 12.8 Å². The van der Waals surface area contributed by atoms with E-state index in [2.05, 4.69) is 4.90 Å². The average molecular weight is 311 g/mol. The van der Waals surface area contributed by atoms with E-state index in [9.17, 15) is 4.79 Å². The highest BCUT2D eigenvalue weighted by atomic mass is 16.5. The van der Waals surface area contributed by atoms with Crippen LogP contribution in [0.4, 0.5) is 5.82 Å². The van der Waals surface area contributed by atoms with Gasteiger partial charge in [-0.1, -0.05) is 18.2 Å². The number of nitrogens with zero attached hydrogens (tertiary/aromatic N) is 3. The Balaban J connectivity index is 1.77. The molecule has 2 aliphatic rings. The van der Waals surface area contributed by atoms with Crippen LogP contribution < -0.4 is 4.90 Å². The third-order valence-corrected chi connectivity index (χ3v) is 4.66. The highest BCUT2D eigenvalue weighted by Gasteiger charge is 2.23. The number of benzene rings is 1. The Morgan fingerprint density at radius 1 is 1.04 bits per heavy atom.